The number of amides is 2. The van der Waals surface area contributed by atoms with Crippen LogP contribution >= 0.6 is 0 Å². The van der Waals surface area contributed by atoms with Gasteiger partial charge in [-0.2, -0.15) is 0 Å². The van der Waals surface area contributed by atoms with Crippen LogP contribution in [0.1, 0.15) is 26.7 Å². The van der Waals surface area contributed by atoms with Gasteiger partial charge in [0.05, 0.1) is 38.0 Å². The number of methoxy groups -OCH3 is 2. The van der Waals surface area contributed by atoms with E-state index in [-0.39, 0.29) is 36.4 Å². The highest BCUT2D eigenvalue weighted by molar-refractivity contribution is 6.01. The van der Waals surface area contributed by atoms with E-state index >= 15 is 0 Å². The first-order valence-corrected chi connectivity index (χ1v) is 10.6. The fourth-order valence-corrected chi connectivity index (χ4v) is 4.25. The van der Waals surface area contributed by atoms with Gasteiger partial charge in [-0.1, -0.05) is 0 Å². The highest BCUT2D eigenvalue weighted by Crippen LogP contribution is 2.36. The number of anilines is 1. The van der Waals surface area contributed by atoms with Crippen LogP contribution in [0.2, 0.25) is 0 Å². The zero-order valence-electron chi connectivity index (χ0n) is 18.3. The molecule has 166 valence electrons. The predicted molar refractivity (Wildman–Crippen MR) is 114 cm³/mol. The van der Waals surface area contributed by atoms with Gasteiger partial charge < -0.3 is 24.4 Å². The van der Waals surface area contributed by atoms with Crippen LogP contribution in [0.3, 0.4) is 0 Å². The minimum Gasteiger partial charge on any atom is -0.497 e. The SMILES string of the molecule is COc1ccc(OC)c(N2C[C@@H](C(=O)NCCCN3C[C@@H](C)O[C@@H](C)C3)CC2=O)c1. The Labute approximate surface area is 178 Å². The van der Waals surface area contributed by atoms with Gasteiger partial charge in [-0.25, -0.2) is 0 Å². The summed E-state index contributed by atoms with van der Waals surface area (Å²) >= 11 is 0. The summed E-state index contributed by atoms with van der Waals surface area (Å²) in [6.07, 6.45) is 1.56. The lowest BCUT2D eigenvalue weighted by molar-refractivity contribution is -0.126. The Kier molecular flexibility index (Phi) is 7.55. The van der Waals surface area contributed by atoms with Crippen molar-refractivity contribution < 1.29 is 23.8 Å². The molecule has 0 aromatic heterocycles. The second-order valence-electron chi connectivity index (χ2n) is 8.10. The maximum absolute atomic E-state index is 12.6. The molecule has 0 spiro atoms. The van der Waals surface area contributed by atoms with Gasteiger partial charge in [0.25, 0.3) is 0 Å². The molecule has 3 rings (SSSR count). The number of benzene rings is 1. The number of nitrogens with zero attached hydrogens (tertiary/aromatic N) is 2. The molecular formula is C22H33N3O5. The summed E-state index contributed by atoms with van der Waals surface area (Å²) in [7, 11) is 3.14. The van der Waals surface area contributed by atoms with Crippen molar-refractivity contribution >= 4 is 17.5 Å². The molecule has 2 aliphatic rings. The van der Waals surface area contributed by atoms with Crippen molar-refractivity contribution in [1.82, 2.24) is 10.2 Å². The van der Waals surface area contributed by atoms with Gasteiger partial charge >= 0.3 is 0 Å². The molecule has 0 radical (unpaired) electrons. The molecular weight excluding hydrogens is 386 g/mol. The Morgan fingerprint density at radius 2 is 1.90 bits per heavy atom. The molecule has 8 nitrogen and oxygen atoms in total. The third-order valence-corrected chi connectivity index (χ3v) is 5.62. The van der Waals surface area contributed by atoms with Crippen LogP contribution in [0.25, 0.3) is 0 Å². The monoisotopic (exact) mass is 419 g/mol. The highest BCUT2D eigenvalue weighted by Gasteiger charge is 2.36. The molecule has 1 aromatic rings. The van der Waals surface area contributed by atoms with E-state index in [1.165, 1.54) is 0 Å². The van der Waals surface area contributed by atoms with Crippen molar-refractivity contribution in [1.29, 1.82) is 0 Å². The smallest absolute Gasteiger partial charge is 0.227 e. The summed E-state index contributed by atoms with van der Waals surface area (Å²) in [5.41, 5.74) is 0.632. The largest absolute Gasteiger partial charge is 0.497 e. The Balaban J connectivity index is 1.49. The normalized spacial score (nSPS) is 24.7. The van der Waals surface area contributed by atoms with E-state index in [1.54, 1.807) is 37.3 Å². The summed E-state index contributed by atoms with van der Waals surface area (Å²) in [6.45, 7) is 7.89. The third kappa shape index (κ3) is 5.43. The minimum atomic E-state index is -0.364. The van der Waals surface area contributed by atoms with E-state index in [0.717, 1.165) is 26.1 Å². The summed E-state index contributed by atoms with van der Waals surface area (Å²) < 4.78 is 16.4. The Hall–Kier alpha value is -2.32. The van der Waals surface area contributed by atoms with Gasteiger partial charge in [0, 0.05) is 45.2 Å². The second kappa shape index (κ2) is 10.1. The van der Waals surface area contributed by atoms with Gasteiger partial charge in [0.2, 0.25) is 11.8 Å². The van der Waals surface area contributed by atoms with E-state index in [1.807, 2.05) is 0 Å². The molecule has 2 aliphatic heterocycles. The lowest BCUT2D eigenvalue weighted by Crippen LogP contribution is -2.46. The van der Waals surface area contributed by atoms with Gasteiger partial charge in [0.15, 0.2) is 0 Å². The number of hydrogen-bond donors (Lipinski definition) is 1. The molecule has 2 fully saturated rings. The molecule has 0 saturated carbocycles. The van der Waals surface area contributed by atoms with Gasteiger partial charge in [-0.15, -0.1) is 0 Å². The third-order valence-electron chi connectivity index (χ3n) is 5.62. The number of hydrogen-bond acceptors (Lipinski definition) is 6. The fraction of sp³-hybridized carbons (Fsp3) is 0.636. The predicted octanol–water partition coefficient (Wildman–Crippen LogP) is 1.67. The van der Waals surface area contributed by atoms with Crippen LogP contribution in [0.4, 0.5) is 5.69 Å². The van der Waals surface area contributed by atoms with E-state index in [0.29, 0.717) is 30.3 Å². The maximum Gasteiger partial charge on any atom is 0.227 e. The molecule has 0 bridgehead atoms. The highest BCUT2D eigenvalue weighted by atomic mass is 16.5. The lowest BCUT2D eigenvalue weighted by atomic mass is 10.1. The number of carbonyl (C=O) groups excluding carboxylic acids is 2. The Morgan fingerprint density at radius 3 is 2.57 bits per heavy atom. The van der Waals surface area contributed by atoms with Gasteiger partial charge in [0.1, 0.15) is 11.5 Å². The molecule has 2 saturated heterocycles. The number of carbonyl (C=O) groups is 2. The van der Waals surface area contributed by atoms with Crippen LogP contribution in [0.5, 0.6) is 11.5 Å². The molecule has 8 heteroatoms. The van der Waals surface area contributed by atoms with Crippen LogP contribution < -0.4 is 19.7 Å². The molecule has 3 atom stereocenters. The van der Waals surface area contributed by atoms with Crippen LogP contribution in [0, 0.1) is 5.92 Å². The van der Waals surface area contributed by atoms with Crippen molar-refractivity contribution in [2.75, 3.05) is 51.8 Å². The second-order valence-corrected chi connectivity index (χ2v) is 8.10. The van der Waals surface area contributed by atoms with Crippen molar-refractivity contribution in [2.45, 2.75) is 38.9 Å². The van der Waals surface area contributed by atoms with Crippen molar-refractivity contribution in [3.63, 3.8) is 0 Å². The quantitative estimate of drug-likeness (QED) is 0.646. The van der Waals surface area contributed by atoms with Crippen molar-refractivity contribution in [3.05, 3.63) is 18.2 Å². The summed E-state index contributed by atoms with van der Waals surface area (Å²) in [4.78, 5) is 29.2. The van der Waals surface area contributed by atoms with Crippen LogP contribution in [-0.4, -0.2) is 75.9 Å². The van der Waals surface area contributed by atoms with Crippen molar-refractivity contribution in [3.8, 4) is 11.5 Å². The maximum atomic E-state index is 12.6. The first-order valence-electron chi connectivity index (χ1n) is 10.6. The van der Waals surface area contributed by atoms with Crippen molar-refractivity contribution in [2.24, 2.45) is 5.92 Å². The Morgan fingerprint density at radius 1 is 1.17 bits per heavy atom. The molecule has 2 amide bonds. The first-order chi connectivity index (χ1) is 14.4. The summed E-state index contributed by atoms with van der Waals surface area (Å²) in [5.74, 6) is 0.698. The number of ether oxygens (including phenoxy) is 3. The zero-order chi connectivity index (χ0) is 21.7. The molecule has 0 aliphatic carbocycles. The van der Waals surface area contributed by atoms with E-state index in [9.17, 15) is 9.59 Å². The zero-order valence-corrected chi connectivity index (χ0v) is 18.3. The fourth-order valence-electron chi connectivity index (χ4n) is 4.25. The number of morpholine rings is 1. The number of rotatable bonds is 8. The minimum absolute atomic E-state index is 0.0728. The standard InChI is InChI=1S/C22H33N3O5/c1-15-12-24(13-16(2)30-15)9-5-8-23-22(27)17-10-21(26)25(14-17)19-11-18(28-3)6-7-20(19)29-4/h6-7,11,15-17H,5,8-10,12-14H2,1-4H3,(H,23,27)/t15-,16+,17-/m0/s1. The molecule has 2 heterocycles. The summed E-state index contributed by atoms with van der Waals surface area (Å²) in [6, 6.07) is 5.31. The first kappa shape index (κ1) is 22.4. The number of nitrogens with one attached hydrogen (secondary N) is 1. The lowest BCUT2D eigenvalue weighted by Gasteiger charge is -2.35. The molecule has 0 unspecified atom stereocenters. The van der Waals surface area contributed by atoms with Crippen LogP contribution in [0.15, 0.2) is 18.2 Å². The average molecular weight is 420 g/mol. The van der Waals surface area contributed by atoms with E-state index in [2.05, 4.69) is 24.1 Å². The van der Waals surface area contributed by atoms with Gasteiger partial charge in [-0.3, -0.25) is 14.5 Å². The molecule has 1 aromatic carbocycles. The molecule has 30 heavy (non-hydrogen) atoms. The molecule has 1 N–H and O–H groups in total. The Bertz CT molecular complexity index is 746. The average Bonchev–Trinajstić information content (AvgIpc) is 3.11. The topological polar surface area (TPSA) is 80.3 Å². The van der Waals surface area contributed by atoms with E-state index < -0.39 is 0 Å². The van der Waals surface area contributed by atoms with Crippen LogP contribution in [-0.2, 0) is 14.3 Å². The van der Waals surface area contributed by atoms with E-state index in [4.69, 9.17) is 14.2 Å². The van der Waals surface area contributed by atoms with Gasteiger partial charge in [-0.05, 0) is 32.4 Å². The summed E-state index contributed by atoms with van der Waals surface area (Å²) in [5, 5.41) is 3.00.